The molecule has 5 heteroatoms. The molecule has 2 aromatic heterocycles. The van der Waals surface area contributed by atoms with Gasteiger partial charge in [0.1, 0.15) is 22.3 Å². The molecule has 0 amide bonds. The van der Waals surface area contributed by atoms with Crippen molar-refractivity contribution in [3.8, 4) is 22.3 Å². The largest absolute Gasteiger partial charge is 0.456 e. The fourth-order valence-electron chi connectivity index (χ4n) is 5.40. The van der Waals surface area contributed by atoms with Crippen molar-refractivity contribution in [3.05, 3.63) is 103 Å². The van der Waals surface area contributed by atoms with Gasteiger partial charge in [-0.25, -0.2) is 0 Å². The maximum Gasteiger partial charge on any atom is 0.310 e. The third-order valence-electron chi connectivity index (χ3n) is 8.55. The first-order valence-electron chi connectivity index (χ1n) is 14.0. The normalized spacial score (nSPS) is 12.6. The van der Waals surface area contributed by atoms with Crippen LogP contribution in [0.1, 0.15) is 27.7 Å². The van der Waals surface area contributed by atoms with Gasteiger partial charge in [-0.2, -0.15) is 0 Å². The second-order valence-corrected chi connectivity index (χ2v) is 11.9. The molecule has 0 aliphatic carbocycles. The summed E-state index contributed by atoms with van der Waals surface area (Å²) in [5, 5.41) is 14.9. The molecule has 202 valence electrons. The zero-order valence-corrected chi connectivity index (χ0v) is 23.7. The third-order valence-corrected chi connectivity index (χ3v) is 8.55. The topological polar surface area (TPSA) is 55.7 Å². The molecule has 0 aliphatic rings. The van der Waals surface area contributed by atoms with Gasteiger partial charge in [0.15, 0.2) is 0 Å². The summed E-state index contributed by atoms with van der Waals surface area (Å²) >= 11 is 0. The number of benzene rings is 5. The SMILES string of the molecule is CC(C)(O)C(C)(C)OBc1cccc2oc3ccc(-c4ccc5c(c4)oc4ccc(-c6ccccc6)cc45)cc3c12. The number of rotatable bonds is 6. The Bertz CT molecular complexity index is 2060. The maximum atomic E-state index is 10.6. The lowest BCUT2D eigenvalue weighted by Gasteiger charge is -2.37. The second kappa shape index (κ2) is 9.37. The van der Waals surface area contributed by atoms with E-state index in [-0.39, 0.29) is 0 Å². The standard InChI is InChI=1S/C36H31BO4/c1-35(2,38)36(3,4)41-37-29-11-8-12-32-34(29)28-20-24(15-18-31(28)39-32)25-13-16-26-27-19-23(22-9-6-5-7-10-22)14-17-30(27)40-33(26)21-25/h5-21,37-38H,1-4H3. The summed E-state index contributed by atoms with van der Waals surface area (Å²) in [6, 6.07) is 35.6. The van der Waals surface area contributed by atoms with Crippen molar-refractivity contribution >= 4 is 56.8 Å². The molecule has 41 heavy (non-hydrogen) atoms. The van der Waals surface area contributed by atoms with Gasteiger partial charge in [0.25, 0.3) is 0 Å². The number of furan rings is 2. The van der Waals surface area contributed by atoms with E-state index in [0.29, 0.717) is 7.48 Å². The Balaban J connectivity index is 1.29. The first-order chi connectivity index (χ1) is 19.7. The van der Waals surface area contributed by atoms with Gasteiger partial charge in [-0.3, -0.25) is 0 Å². The van der Waals surface area contributed by atoms with Crippen LogP contribution in [0.4, 0.5) is 0 Å². The average molecular weight is 538 g/mol. The van der Waals surface area contributed by atoms with E-state index in [1.807, 2.05) is 38.1 Å². The van der Waals surface area contributed by atoms with Crippen molar-refractivity contribution in [2.24, 2.45) is 0 Å². The first kappa shape index (κ1) is 25.6. The van der Waals surface area contributed by atoms with Crippen LogP contribution in [-0.2, 0) is 4.65 Å². The van der Waals surface area contributed by atoms with Crippen molar-refractivity contribution in [3.63, 3.8) is 0 Å². The van der Waals surface area contributed by atoms with E-state index in [0.717, 1.165) is 60.5 Å². The molecule has 0 fully saturated rings. The van der Waals surface area contributed by atoms with Gasteiger partial charge in [0.2, 0.25) is 0 Å². The molecule has 5 aromatic carbocycles. The van der Waals surface area contributed by atoms with Crippen LogP contribution >= 0.6 is 0 Å². The molecule has 0 atom stereocenters. The Hall–Kier alpha value is -4.32. The van der Waals surface area contributed by atoms with Crippen LogP contribution in [0.15, 0.2) is 112 Å². The molecule has 0 saturated heterocycles. The number of hydrogen-bond acceptors (Lipinski definition) is 4. The highest BCUT2D eigenvalue weighted by molar-refractivity contribution is 6.52. The minimum Gasteiger partial charge on any atom is -0.456 e. The lowest BCUT2D eigenvalue weighted by atomic mass is 9.80. The molecule has 0 aliphatic heterocycles. The summed E-state index contributed by atoms with van der Waals surface area (Å²) in [7, 11) is 0.364. The molecular formula is C36H31BO4. The van der Waals surface area contributed by atoms with Gasteiger partial charge in [-0.15, -0.1) is 0 Å². The van der Waals surface area contributed by atoms with Crippen molar-refractivity contribution < 1.29 is 18.6 Å². The molecule has 4 nitrogen and oxygen atoms in total. The summed E-state index contributed by atoms with van der Waals surface area (Å²) in [6.07, 6.45) is 0. The van der Waals surface area contributed by atoms with Gasteiger partial charge < -0.3 is 18.6 Å². The minimum atomic E-state index is -0.981. The summed E-state index contributed by atoms with van der Waals surface area (Å²) < 4.78 is 18.8. The quantitative estimate of drug-likeness (QED) is 0.216. The minimum absolute atomic E-state index is 0.364. The predicted octanol–water partition coefficient (Wildman–Crippen LogP) is 8.36. The molecule has 0 radical (unpaired) electrons. The smallest absolute Gasteiger partial charge is 0.310 e. The molecular weight excluding hydrogens is 507 g/mol. The van der Waals surface area contributed by atoms with E-state index in [1.165, 1.54) is 11.1 Å². The van der Waals surface area contributed by atoms with E-state index >= 15 is 0 Å². The lowest BCUT2D eigenvalue weighted by molar-refractivity contribution is -0.0893. The Kier molecular flexibility index (Phi) is 5.86. The van der Waals surface area contributed by atoms with Crippen LogP contribution in [-0.4, -0.2) is 23.8 Å². The molecule has 0 unspecified atom stereocenters. The second-order valence-electron chi connectivity index (χ2n) is 11.9. The van der Waals surface area contributed by atoms with Gasteiger partial charge in [-0.05, 0) is 97.9 Å². The van der Waals surface area contributed by atoms with E-state index in [9.17, 15) is 5.11 Å². The molecule has 7 rings (SSSR count). The van der Waals surface area contributed by atoms with E-state index < -0.39 is 11.2 Å². The van der Waals surface area contributed by atoms with Gasteiger partial charge >= 0.3 is 7.48 Å². The molecule has 7 aromatic rings. The van der Waals surface area contributed by atoms with E-state index in [1.54, 1.807) is 13.8 Å². The van der Waals surface area contributed by atoms with Crippen LogP contribution in [0.3, 0.4) is 0 Å². The summed E-state index contributed by atoms with van der Waals surface area (Å²) in [5.74, 6) is 0. The van der Waals surface area contributed by atoms with Crippen molar-refractivity contribution in [2.45, 2.75) is 38.9 Å². The first-order valence-corrected chi connectivity index (χ1v) is 14.0. The summed E-state index contributed by atoms with van der Waals surface area (Å²) in [6.45, 7) is 7.37. The maximum absolute atomic E-state index is 10.6. The van der Waals surface area contributed by atoms with E-state index in [2.05, 4.69) is 78.9 Å². The van der Waals surface area contributed by atoms with Gasteiger partial charge in [-0.1, -0.05) is 60.7 Å². The van der Waals surface area contributed by atoms with Crippen LogP contribution in [0, 0.1) is 0 Å². The Morgan fingerprint density at radius 1 is 0.561 bits per heavy atom. The van der Waals surface area contributed by atoms with Crippen LogP contribution in [0.2, 0.25) is 0 Å². The Labute approximate surface area is 239 Å². The summed E-state index contributed by atoms with van der Waals surface area (Å²) in [4.78, 5) is 0. The van der Waals surface area contributed by atoms with E-state index in [4.69, 9.17) is 13.5 Å². The summed E-state index contributed by atoms with van der Waals surface area (Å²) in [5.41, 5.74) is 7.24. The zero-order chi connectivity index (χ0) is 28.4. The lowest BCUT2D eigenvalue weighted by Crippen LogP contribution is -2.49. The fourth-order valence-corrected chi connectivity index (χ4v) is 5.40. The van der Waals surface area contributed by atoms with Crippen molar-refractivity contribution in [1.82, 2.24) is 0 Å². The predicted molar refractivity (Wildman–Crippen MR) is 170 cm³/mol. The van der Waals surface area contributed by atoms with Crippen LogP contribution in [0.25, 0.3) is 66.1 Å². The van der Waals surface area contributed by atoms with Crippen LogP contribution < -0.4 is 5.46 Å². The molecule has 0 spiro atoms. The highest BCUT2D eigenvalue weighted by Crippen LogP contribution is 2.37. The number of hydrogen-bond donors (Lipinski definition) is 1. The Morgan fingerprint density at radius 2 is 1.20 bits per heavy atom. The van der Waals surface area contributed by atoms with Crippen molar-refractivity contribution in [1.29, 1.82) is 0 Å². The van der Waals surface area contributed by atoms with Gasteiger partial charge in [0.05, 0.1) is 11.2 Å². The molecule has 0 bridgehead atoms. The number of aliphatic hydroxyl groups is 1. The third kappa shape index (κ3) is 4.42. The average Bonchev–Trinajstić information content (AvgIpc) is 3.53. The highest BCUT2D eigenvalue weighted by Gasteiger charge is 2.35. The fraction of sp³-hybridized carbons (Fsp3) is 0.167. The monoisotopic (exact) mass is 538 g/mol. The van der Waals surface area contributed by atoms with Crippen molar-refractivity contribution in [2.75, 3.05) is 0 Å². The molecule has 1 N–H and O–H groups in total. The zero-order valence-electron chi connectivity index (χ0n) is 23.7. The number of fused-ring (bicyclic) bond motifs is 6. The highest BCUT2D eigenvalue weighted by atomic mass is 16.5. The van der Waals surface area contributed by atoms with Crippen LogP contribution in [0.5, 0.6) is 0 Å². The Morgan fingerprint density at radius 3 is 1.95 bits per heavy atom. The molecule has 0 saturated carbocycles. The molecule has 2 heterocycles. The van der Waals surface area contributed by atoms with Gasteiger partial charge in [0, 0.05) is 21.5 Å².